The molecule has 2 nitrogen and oxygen atoms in total. The normalized spacial score (nSPS) is 10.3. The number of hydrogen-bond acceptors (Lipinski definition) is 1. The van der Waals surface area contributed by atoms with Gasteiger partial charge in [-0.15, -0.1) is 0 Å². The molecule has 1 aromatic heterocycles. The minimum absolute atomic E-state index is 0.0480. The zero-order valence-electron chi connectivity index (χ0n) is 8.25. The maximum atomic E-state index is 11.9. The van der Waals surface area contributed by atoms with Gasteiger partial charge in [-0.3, -0.25) is 4.79 Å². The number of nitrogens with one attached hydrogen (secondary N) is 1. The Morgan fingerprint density at radius 2 is 2.07 bits per heavy atom. The lowest BCUT2D eigenvalue weighted by atomic mass is 10.0. The second-order valence-corrected chi connectivity index (χ2v) is 4.25. The summed E-state index contributed by atoms with van der Waals surface area (Å²) in [5.41, 5.74) is 2.48. The van der Waals surface area contributed by atoms with E-state index in [9.17, 15) is 4.79 Å². The molecule has 0 aliphatic heterocycles. The summed E-state index contributed by atoms with van der Waals surface area (Å²) in [7, 11) is 0. The van der Waals surface area contributed by atoms with Crippen molar-refractivity contribution in [2.75, 3.05) is 0 Å². The SMILES string of the molecule is Cc1cc(C(=O)c2cc[nH]c2)ccc1Br. The molecule has 0 aliphatic rings. The van der Waals surface area contributed by atoms with Gasteiger partial charge in [0.1, 0.15) is 0 Å². The van der Waals surface area contributed by atoms with E-state index in [2.05, 4.69) is 20.9 Å². The number of rotatable bonds is 2. The molecule has 0 bridgehead atoms. The minimum atomic E-state index is 0.0480. The largest absolute Gasteiger partial charge is 0.367 e. The number of carbonyl (C=O) groups is 1. The molecular formula is C12H10BrNO. The minimum Gasteiger partial charge on any atom is -0.367 e. The third-order valence-corrected chi connectivity index (χ3v) is 3.17. The summed E-state index contributed by atoms with van der Waals surface area (Å²) in [6, 6.07) is 7.39. The second kappa shape index (κ2) is 4.03. The van der Waals surface area contributed by atoms with Crippen molar-refractivity contribution in [2.45, 2.75) is 6.92 Å². The monoisotopic (exact) mass is 263 g/mol. The van der Waals surface area contributed by atoms with Gasteiger partial charge in [-0.05, 0) is 36.8 Å². The number of benzene rings is 1. The first-order chi connectivity index (χ1) is 7.18. The Bertz CT molecular complexity index is 488. The van der Waals surface area contributed by atoms with E-state index >= 15 is 0 Å². The number of ketones is 1. The molecule has 0 amide bonds. The molecule has 0 aliphatic carbocycles. The molecule has 0 radical (unpaired) electrons. The molecule has 0 fully saturated rings. The highest BCUT2D eigenvalue weighted by Crippen LogP contribution is 2.18. The fourth-order valence-corrected chi connectivity index (χ4v) is 1.66. The van der Waals surface area contributed by atoms with Crippen LogP contribution in [0.15, 0.2) is 41.1 Å². The van der Waals surface area contributed by atoms with Crippen LogP contribution in [0.4, 0.5) is 0 Å². The maximum Gasteiger partial charge on any atom is 0.194 e. The molecular weight excluding hydrogens is 254 g/mol. The highest BCUT2D eigenvalue weighted by atomic mass is 79.9. The molecule has 1 heterocycles. The van der Waals surface area contributed by atoms with Crippen LogP contribution in [0.2, 0.25) is 0 Å². The standard InChI is InChI=1S/C12H10BrNO/c1-8-6-9(2-3-11(8)13)12(15)10-4-5-14-7-10/h2-7,14H,1H3. The summed E-state index contributed by atoms with van der Waals surface area (Å²) in [5.74, 6) is 0.0480. The van der Waals surface area contributed by atoms with E-state index in [4.69, 9.17) is 0 Å². The molecule has 0 spiro atoms. The van der Waals surface area contributed by atoms with E-state index in [0.29, 0.717) is 5.56 Å². The Hall–Kier alpha value is -1.35. The highest BCUT2D eigenvalue weighted by Gasteiger charge is 2.09. The van der Waals surface area contributed by atoms with E-state index in [0.717, 1.165) is 15.6 Å². The predicted octanol–water partition coefficient (Wildman–Crippen LogP) is 3.32. The van der Waals surface area contributed by atoms with Crippen LogP contribution in [0.1, 0.15) is 21.5 Å². The topological polar surface area (TPSA) is 32.9 Å². The van der Waals surface area contributed by atoms with E-state index in [1.807, 2.05) is 25.1 Å². The van der Waals surface area contributed by atoms with Crippen molar-refractivity contribution in [2.24, 2.45) is 0 Å². The average molecular weight is 264 g/mol. The lowest BCUT2D eigenvalue weighted by Crippen LogP contribution is -1.99. The average Bonchev–Trinajstić information content (AvgIpc) is 2.74. The van der Waals surface area contributed by atoms with Crippen molar-refractivity contribution >= 4 is 21.7 Å². The fraction of sp³-hybridized carbons (Fsp3) is 0.0833. The van der Waals surface area contributed by atoms with Crippen LogP contribution in [0.25, 0.3) is 0 Å². The zero-order valence-corrected chi connectivity index (χ0v) is 9.84. The van der Waals surface area contributed by atoms with E-state index in [-0.39, 0.29) is 5.78 Å². The lowest BCUT2D eigenvalue weighted by molar-refractivity contribution is 0.103. The van der Waals surface area contributed by atoms with Crippen LogP contribution < -0.4 is 0 Å². The van der Waals surface area contributed by atoms with Crippen molar-refractivity contribution < 1.29 is 4.79 Å². The van der Waals surface area contributed by atoms with Gasteiger partial charge in [-0.2, -0.15) is 0 Å². The Kier molecular flexibility index (Phi) is 2.73. The van der Waals surface area contributed by atoms with Crippen LogP contribution in [0, 0.1) is 6.92 Å². The van der Waals surface area contributed by atoms with Gasteiger partial charge in [0, 0.05) is 28.0 Å². The highest BCUT2D eigenvalue weighted by molar-refractivity contribution is 9.10. The summed E-state index contributed by atoms with van der Waals surface area (Å²) in [5, 5.41) is 0. The van der Waals surface area contributed by atoms with Gasteiger partial charge < -0.3 is 4.98 Å². The van der Waals surface area contributed by atoms with Gasteiger partial charge in [-0.1, -0.05) is 15.9 Å². The molecule has 15 heavy (non-hydrogen) atoms. The molecule has 1 aromatic carbocycles. The van der Waals surface area contributed by atoms with Crippen LogP contribution in [0.5, 0.6) is 0 Å². The zero-order chi connectivity index (χ0) is 10.8. The van der Waals surface area contributed by atoms with Crippen LogP contribution in [0.3, 0.4) is 0 Å². The van der Waals surface area contributed by atoms with Gasteiger partial charge in [0.25, 0.3) is 0 Å². The second-order valence-electron chi connectivity index (χ2n) is 3.39. The summed E-state index contributed by atoms with van der Waals surface area (Å²) < 4.78 is 1.02. The third-order valence-electron chi connectivity index (χ3n) is 2.28. The molecule has 0 atom stereocenters. The summed E-state index contributed by atoms with van der Waals surface area (Å²) in [6.07, 6.45) is 3.46. The number of H-pyrrole nitrogens is 1. The number of aromatic nitrogens is 1. The van der Waals surface area contributed by atoms with Gasteiger partial charge in [0.15, 0.2) is 5.78 Å². The Labute approximate surface area is 96.5 Å². The predicted molar refractivity (Wildman–Crippen MR) is 63.1 cm³/mol. The van der Waals surface area contributed by atoms with Crippen molar-refractivity contribution in [3.05, 3.63) is 57.8 Å². The Balaban J connectivity index is 2.39. The van der Waals surface area contributed by atoms with E-state index in [1.165, 1.54) is 0 Å². The molecule has 3 heteroatoms. The molecule has 2 rings (SSSR count). The number of halogens is 1. The van der Waals surface area contributed by atoms with E-state index < -0.39 is 0 Å². The summed E-state index contributed by atoms with van der Waals surface area (Å²) >= 11 is 3.41. The summed E-state index contributed by atoms with van der Waals surface area (Å²) in [4.78, 5) is 14.8. The summed E-state index contributed by atoms with van der Waals surface area (Å²) in [6.45, 7) is 1.97. The van der Waals surface area contributed by atoms with Crippen molar-refractivity contribution in [3.63, 3.8) is 0 Å². The number of aromatic amines is 1. The number of carbonyl (C=O) groups excluding carboxylic acids is 1. The van der Waals surface area contributed by atoms with Gasteiger partial charge >= 0.3 is 0 Å². The van der Waals surface area contributed by atoms with Gasteiger partial charge in [0.2, 0.25) is 0 Å². The molecule has 0 unspecified atom stereocenters. The first-order valence-corrected chi connectivity index (χ1v) is 5.41. The van der Waals surface area contributed by atoms with Gasteiger partial charge in [0.05, 0.1) is 0 Å². The number of hydrogen-bond donors (Lipinski definition) is 1. The third kappa shape index (κ3) is 2.02. The molecule has 0 saturated heterocycles. The first-order valence-electron chi connectivity index (χ1n) is 4.62. The fourth-order valence-electron chi connectivity index (χ4n) is 1.42. The lowest BCUT2D eigenvalue weighted by Gasteiger charge is -2.02. The first kappa shape index (κ1) is 10.2. The molecule has 76 valence electrons. The Morgan fingerprint density at radius 1 is 1.27 bits per heavy atom. The van der Waals surface area contributed by atoms with Crippen LogP contribution in [-0.2, 0) is 0 Å². The van der Waals surface area contributed by atoms with Crippen molar-refractivity contribution in [1.29, 1.82) is 0 Å². The molecule has 1 N–H and O–H groups in total. The Morgan fingerprint density at radius 3 is 2.67 bits per heavy atom. The number of aryl methyl sites for hydroxylation is 1. The van der Waals surface area contributed by atoms with Crippen LogP contribution in [-0.4, -0.2) is 10.8 Å². The smallest absolute Gasteiger partial charge is 0.194 e. The maximum absolute atomic E-state index is 11.9. The van der Waals surface area contributed by atoms with Crippen LogP contribution >= 0.6 is 15.9 Å². The van der Waals surface area contributed by atoms with Crippen molar-refractivity contribution in [1.82, 2.24) is 4.98 Å². The molecule has 0 saturated carbocycles. The quantitative estimate of drug-likeness (QED) is 0.829. The van der Waals surface area contributed by atoms with Crippen molar-refractivity contribution in [3.8, 4) is 0 Å². The van der Waals surface area contributed by atoms with E-state index in [1.54, 1.807) is 18.5 Å². The molecule has 2 aromatic rings. The van der Waals surface area contributed by atoms with Gasteiger partial charge in [-0.25, -0.2) is 0 Å².